The summed E-state index contributed by atoms with van der Waals surface area (Å²) in [5.74, 6) is 0.974. The first-order valence-corrected chi connectivity index (χ1v) is 12.9. The zero-order valence-electron chi connectivity index (χ0n) is 21.9. The van der Waals surface area contributed by atoms with Crippen LogP contribution in [-0.4, -0.2) is 20.2 Å². The minimum Gasteiger partial charge on any atom is -0.493 e. The van der Waals surface area contributed by atoms with Crippen LogP contribution in [0.1, 0.15) is 70.6 Å². The summed E-state index contributed by atoms with van der Waals surface area (Å²) in [6.07, 6.45) is 4.46. The summed E-state index contributed by atoms with van der Waals surface area (Å²) in [5.41, 5.74) is 9.78. The molecule has 0 bridgehead atoms. The molecule has 0 heterocycles. The van der Waals surface area contributed by atoms with Gasteiger partial charge in [0, 0.05) is 5.56 Å². The summed E-state index contributed by atoms with van der Waals surface area (Å²) < 4.78 is 6.34. The molecule has 0 saturated heterocycles. The summed E-state index contributed by atoms with van der Waals surface area (Å²) in [5, 5.41) is 3.21. The lowest BCUT2D eigenvalue weighted by atomic mass is 9.63. The van der Waals surface area contributed by atoms with Gasteiger partial charge in [-0.1, -0.05) is 83.1 Å². The second-order valence-corrected chi connectivity index (χ2v) is 11.1. The van der Waals surface area contributed by atoms with Gasteiger partial charge in [-0.3, -0.25) is 0 Å². The Morgan fingerprint density at radius 1 is 0.794 bits per heavy atom. The number of ether oxygens (including phenoxy) is 1. The van der Waals surface area contributed by atoms with Gasteiger partial charge in [0.2, 0.25) is 0 Å². The maximum Gasteiger partial charge on any atom is 0.127 e. The highest BCUT2D eigenvalue weighted by molar-refractivity contribution is 5.79. The summed E-state index contributed by atoms with van der Waals surface area (Å²) in [7, 11) is 1.99. The zero-order chi connectivity index (χ0) is 24.3. The van der Waals surface area contributed by atoms with Crippen molar-refractivity contribution in [3.63, 3.8) is 0 Å². The number of nitrogens with one attached hydrogen (secondary N) is 1. The molecule has 180 valence electrons. The van der Waals surface area contributed by atoms with Crippen LogP contribution in [0.25, 0.3) is 22.3 Å². The van der Waals surface area contributed by atoms with Crippen LogP contribution in [0.3, 0.4) is 0 Å². The van der Waals surface area contributed by atoms with E-state index in [1.165, 1.54) is 51.8 Å². The predicted octanol–water partition coefficient (Wildman–Crippen LogP) is 7.92. The van der Waals surface area contributed by atoms with Gasteiger partial charge in [0.15, 0.2) is 0 Å². The molecule has 0 amide bonds. The average Bonchev–Trinajstić information content (AvgIpc) is 2.84. The van der Waals surface area contributed by atoms with Gasteiger partial charge in [0.25, 0.3) is 0 Å². The van der Waals surface area contributed by atoms with Gasteiger partial charge in [-0.05, 0) is 95.6 Å². The van der Waals surface area contributed by atoms with Crippen LogP contribution in [-0.2, 0) is 17.3 Å². The van der Waals surface area contributed by atoms with Crippen LogP contribution >= 0.6 is 0 Å². The van der Waals surface area contributed by atoms with E-state index in [0.717, 1.165) is 25.1 Å². The molecule has 0 radical (unpaired) electrons. The molecule has 0 atom stereocenters. The van der Waals surface area contributed by atoms with Crippen molar-refractivity contribution in [1.29, 1.82) is 0 Å². The maximum atomic E-state index is 6.34. The minimum absolute atomic E-state index is 0.182. The smallest absolute Gasteiger partial charge is 0.127 e. The second-order valence-electron chi connectivity index (χ2n) is 11.1. The van der Waals surface area contributed by atoms with Crippen LogP contribution in [0.4, 0.5) is 0 Å². The SMILES string of the molecule is CCc1ccccc1-c1ccc(OCCCNC)c(-c2ccc3c(c2)C(C)(C)CCC3(C)C)c1. The lowest BCUT2D eigenvalue weighted by molar-refractivity contribution is 0.311. The Labute approximate surface area is 206 Å². The van der Waals surface area contributed by atoms with Gasteiger partial charge in [0.05, 0.1) is 6.61 Å². The Bertz CT molecular complexity index is 1140. The van der Waals surface area contributed by atoms with E-state index in [1.54, 1.807) is 0 Å². The molecule has 34 heavy (non-hydrogen) atoms. The first-order chi connectivity index (χ1) is 16.3. The van der Waals surface area contributed by atoms with Gasteiger partial charge in [-0.2, -0.15) is 0 Å². The number of hydrogen-bond donors (Lipinski definition) is 1. The summed E-state index contributed by atoms with van der Waals surface area (Å²) in [6, 6.07) is 22.6. The summed E-state index contributed by atoms with van der Waals surface area (Å²) in [6.45, 7) is 13.5. The average molecular weight is 456 g/mol. The monoisotopic (exact) mass is 455 g/mol. The van der Waals surface area contributed by atoms with Gasteiger partial charge in [-0.25, -0.2) is 0 Å². The number of rotatable bonds is 8. The number of aryl methyl sites for hydroxylation is 1. The van der Waals surface area contributed by atoms with Crippen LogP contribution in [0.5, 0.6) is 5.75 Å². The normalized spacial score (nSPS) is 16.2. The van der Waals surface area contributed by atoms with Crippen molar-refractivity contribution in [2.75, 3.05) is 20.2 Å². The molecule has 0 aliphatic heterocycles. The van der Waals surface area contributed by atoms with Crippen LogP contribution < -0.4 is 10.1 Å². The third-order valence-electron chi connectivity index (χ3n) is 7.68. The van der Waals surface area contributed by atoms with E-state index in [1.807, 2.05) is 7.05 Å². The van der Waals surface area contributed by atoms with E-state index < -0.39 is 0 Å². The van der Waals surface area contributed by atoms with Gasteiger partial charge in [0.1, 0.15) is 5.75 Å². The molecule has 0 spiro atoms. The Hall–Kier alpha value is -2.58. The Balaban J connectivity index is 1.83. The lowest BCUT2D eigenvalue weighted by Gasteiger charge is -2.42. The van der Waals surface area contributed by atoms with E-state index in [2.05, 4.69) is 101 Å². The zero-order valence-corrected chi connectivity index (χ0v) is 21.9. The molecule has 4 rings (SSSR count). The maximum absolute atomic E-state index is 6.34. The standard InChI is InChI=1S/C32H41NO/c1-7-23-11-8-9-12-26(23)24-14-16-30(34-20-10-19-33-6)27(21-24)25-13-15-28-29(22-25)32(4,5)18-17-31(28,2)3/h8-9,11-16,21-22,33H,7,10,17-20H2,1-6H3. The van der Waals surface area contributed by atoms with Crippen molar-refractivity contribution in [3.8, 4) is 28.0 Å². The third kappa shape index (κ3) is 4.93. The molecule has 3 aromatic carbocycles. The largest absolute Gasteiger partial charge is 0.493 e. The summed E-state index contributed by atoms with van der Waals surface area (Å²) >= 11 is 0. The molecule has 2 nitrogen and oxygen atoms in total. The topological polar surface area (TPSA) is 21.3 Å². The van der Waals surface area contributed by atoms with E-state index in [4.69, 9.17) is 4.74 Å². The number of fused-ring (bicyclic) bond motifs is 1. The predicted molar refractivity (Wildman–Crippen MR) is 146 cm³/mol. The van der Waals surface area contributed by atoms with E-state index >= 15 is 0 Å². The fourth-order valence-corrected chi connectivity index (χ4v) is 5.35. The Morgan fingerprint density at radius 3 is 2.21 bits per heavy atom. The van der Waals surface area contributed by atoms with Gasteiger partial charge in [-0.15, -0.1) is 0 Å². The first-order valence-electron chi connectivity index (χ1n) is 12.9. The van der Waals surface area contributed by atoms with Crippen molar-refractivity contribution in [2.24, 2.45) is 0 Å². The lowest BCUT2D eigenvalue weighted by Crippen LogP contribution is -2.33. The highest BCUT2D eigenvalue weighted by Gasteiger charge is 2.37. The van der Waals surface area contributed by atoms with E-state index in [-0.39, 0.29) is 10.8 Å². The van der Waals surface area contributed by atoms with Crippen molar-refractivity contribution in [3.05, 3.63) is 77.4 Å². The Morgan fingerprint density at radius 2 is 1.47 bits per heavy atom. The fraction of sp³-hybridized carbons (Fsp3) is 0.438. The van der Waals surface area contributed by atoms with Crippen molar-refractivity contribution < 1.29 is 4.74 Å². The highest BCUT2D eigenvalue weighted by Crippen LogP contribution is 2.47. The highest BCUT2D eigenvalue weighted by atomic mass is 16.5. The van der Waals surface area contributed by atoms with Crippen LogP contribution in [0.2, 0.25) is 0 Å². The van der Waals surface area contributed by atoms with Crippen molar-refractivity contribution in [2.45, 2.75) is 71.1 Å². The molecule has 2 heteroatoms. The molecule has 1 N–H and O–H groups in total. The molecule has 3 aromatic rings. The van der Waals surface area contributed by atoms with E-state index in [0.29, 0.717) is 6.61 Å². The third-order valence-corrected chi connectivity index (χ3v) is 7.68. The fourth-order valence-electron chi connectivity index (χ4n) is 5.35. The second kappa shape index (κ2) is 9.96. The minimum atomic E-state index is 0.182. The Kier molecular flexibility index (Phi) is 7.19. The molecule has 0 saturated carbocycles. The molecule has 0 unspecified atom stereocenters. The van der Waals surface area contributed by atoms with E-state index in [9.17, 15) is 0 Å². The van der Waals surface area contributed by atoms with Gasteiger partial charge < -0.3 is 10.1 Å². The number of benzene rings is 3. The van der Waals surface area contributed by atoms with Crippen LogP contribution in [0, 0.1) is 0 Å². The molecule has 0 fully saturated rings. The molecule has 1 aliphatic rings. The molecule has 1 aliphatic carbocycles. The van der Waals surface area contributed by atoms with Gasteiger partial charge >= 0.3 is 0 Å². The molecular weight excluding hydrogens is 414 g/mol. The number of hydrogen-bond acceptors (Lipinski definition) is 2. The van der Waals surface area contributed by atoms with Crippen molar-refractivity contribution >= 4 is 0 Å². The summed E-state index contributed by atoms with van der Waals surface area (Å²) in [4.78, 5) is 0. The van der Waals surface area contributed by atoms with Crippen molar-refractivity contribution in [1.82, 2.24) is 5.32 Å². The van der Waals surface area contributed by atoms with Crippen LogP contribution in [0.15, 0.2) is 60.7 Å². The molecular formula is C32H41NO. The molecule has 0 aromatic heterocycles. The quantitative estimate of drug-likeness (QED) is 0.348. The first kappa shape index (κ1) is 24.5.